The monoisotopic (exact) mass is 289 g/mol. The highest BCUT2D eigenvalue weighted by molar-refractivity contribution is 5.51. The van der Waals surface area contributed by atoms with Crippen molar-refractivity contribution in [3.05, 3.63) is 29.3 Å². The van der Waals surface area contributed by atoms with E-state index in [4.69, 9.17) is 16.3 Å². The highest BCUT2D eigenvalue weighted by Crippen LogP contribution is 2.36. The van der Waals surface area contributed by atoms with Crippen molar-refractivity contribution in [1.82, 2.24) is 5.43 Å². The second-order valence-corrected chi connectivity index (χ2v) is 4.96. The zero-order chi connectivity index (χ0) is 14.8. The van der Waals surface area contributed by atoms with Crippen LogP contribution in [-0.4, -0.2) is 13.2 Å². The Kier molecular flexibility index (Phi) is 4.52. The maximum atomic E-state index is 12.8. The van der Waals surface area contributed by atoms with Gasteiger partial charge in [-0.1, -0.05) is 0 Å². The molecule has 7 heteroatoms. The van der Waals surface area contributed by atoms with Gasteiger partial charge in [-0.2, -0.15) is 13.2 Å². The van der Waals surface area contributed by atoms with E-state index >= 15 is 0 Å². The molecule has 0 aliphatic carbocycles. The summed E-state index contributed by atoms with van der Waals surface area (Å²) in [5.74, 6) is 5.53. The molecule has 1 heterocycles. The molecule has 1 aromatic rings. The van der Waals surface area contributed by atoms with E-state index in [0.717, 1.165) is 25.0 Å². The van der Waals surface area contributed by atoms with Gasteiger partial charge in [0.2, 0.25) is 0 Å². The number of nitrogens with one attached hydrogen (secondary N) is 1. The third kappa shape index (κ3) is 3.23. The Hall–Kier alpha value is -1.31. The van der Waals surface area contributed by atoms with Crippen molar-refractivity contribution in [3.8, 4) is 0 Å². The maximum absolute atomic E-state index is 12.8. The molecule has 2 rings (SSSR count). The van der Waals surface area contributed by atoms with Crippen molar-refractivity contribution in [2.24, 2.45) is 11.8 Å². The van der Waals surface area contributed by atoms with Crippen molar-refractivity contribution in [2.75, 3.05) is 18.9 Å². The van der Waals surface area contributed by atoms with Gasteiger partial charge in [-0.25, -0.2) is 0 Å². The van der Waals surface area contributed by atoms with Gasteiger partial charge in [-0.05, 0) is 36.6 Å². The number of nitrogens with two attached hydrogens (primary N) is 2. The fourth-order valence-electron chi connectivity index (χ4n) is 2.53. The summed E-state index contributed by atoms with van der Waals surface area (Å²) >= 11 is 0. The van der Waals surface area contributed by atoms with Crippen molar-refractivity contribution < 1.29 is 17.9 Å². The number of hydrazine groups is 1. The first kappa shape index (κ1) is 15.1. The molecule has 0 bridgehead atoms. The fraction of sp³-hybridized carbons (Fsp3) is 0.538. The lowest BCUT2D eigenvalue weighted by Gasteiger charge is -2.31. The highest BCUT2D eigenvalue weighted by Gasteiger charge is 2.33. The Balaban J connectivity index is 2.32. The van der Waals surface area contributed by atoms with Crippen molar-refractivity contribution in [3.63, 3.8) is 0 Å². The average molecular weight is 289 g/mol. The summed E-state index contributed by atoms with van der Waals surface area (Å²) < 4.78 is 43.7. The van der Waals surface area contributed by atoms with E-state index in [1.54, 1.807) is 0 Å². The minimum absolute atomic E-state index is 0.0135. The Morgan fingerprint density at radius 2 is 2.10 bits per heavy atom. The first-order valence-corrected chi connectivity index (χ1v) is 6.44. The summed E-state index contributed by atoms with van der Waals surface area (Å²) in [7, 11) is 0. The van der Waals surface area contributed by atoms with E-state index in [1.807, 2.05) is 0 Å². The van der Waals surface area contributed by atoms with Gasteiger partial charge < -0.3 is 10.5 Å². The zero-order valence-electron chi connectivity index (χ0n) is 10.9. The smallest absolute Gasteiger partial charge is 0.398 e. The molecule has 1 fully saturated rings. The van der Waals surface area contributed by atoms with Crippen molar-refractivity contribution >= 4 is 5.69 Å². The van der Waals surface area contributed by atoms with Crippen LogP contribution in [-0.2, 0) is 10.9 Å². The van der Waals surface area contributed by atoms with E-state index in [9.17, 15) is 13.2 Å². The second kappa shape index (κ2) is 5.99. The van der Waals surface area contributed by atoms with Gasteiger partial charge in [0, 0.05) is 18.2 Å². The van der Waals surface area contributed by atoms with Crippen LogP contribution in [0.3, 0.4) is 0 Å². The normalized spacial score (nSPS) is 21.7. The minimum atomic E-state index is -4.40. The first-order valence-electron chi connectivity index (χ1n) is 6.44. The van der Waals surface area contributed by atoms with Gasteiger partial charge in [-0.3, -0.25) is 11.3 Å². The average Bonchev–Trinajstić information content (AvgIpc) is 2.41. The van der Waals surface area contributed by atoms with Crippen LogP contribution >= 0.6 is 0 Å². The predicted octanol–water partition coefficient (Wildman–Crippen LogP) is 2.22. The number of nitrogen functional groups attached to an aromatic ring is 1. The van der Waals surface area contributed by atoms with Crippen LogP contribution in [0.2, 0.25) is 0 Å². The summed E-state index contributed by atoms with van der Waals surface area (Å²) in [5, 5.41) is 0. The number of alkyl halides is 3. The molecule has 4 nitrogen and oxygen atoms in total. The van der Waals surface area contributed by atoms with Gasteiger partial charge in [0.1, 0.15) is 0 Å². The number of benzene rings is 1. The molecule has 1 aromatic carbocycles. The molecule has 1 aliphatic rings. The highest BCUT2D eigenvalue weighted by atomic mass is 19.4. The van der Waals surface area contributed by atoms with Crippen LogP contribution in [0.1, 0.15) is 30.0 Å². The molecule has 20 heavy (non-hydrogen) atoms. The van der Waals surface area contributed by atoms with Gasteiger partial charge in [0.25, 0.3) is 0 Å². The lowest BCUT2D eigenvalue weighted by atomic mass is 9.87. The van der Waals surface area contributed by atoms with E-state index in [2.05, 4.69) is 5.43 Å². The maximum Gasteiger partial charge on any atom is 0.416 e. The van der Waals surface area contributed by atoms with Crippen LogP contribution in [0.15, 0.2) is 18.2 Å². The van der Waals surface area contributed by atoms with E-state index in [1.165, 1.54) is 6.07 Å². The molecule has 5 N–H and O–H groups in total. The Morgan fingerprint density at radius 3 is 2.65 bits per heavy atom. The number of halogens is 3. The lowest BCUT2D eigenvalue weighted by Crippen LogP contribution is -2.37. The number of hydrogen-bond acceptors (Lipinski definition) is 4. The molecule has 0 radical (unpaired) electrons. The fourth-order valence-corrected chi connectivity index (χ4v) is 2.53. The molecule has 112 valence electrons. The standard InChI is InChI=1S/C13H18F3N3O/c14-13(15,16)9-3-4-11(17)10(6-9)12(19-18)8-2-1-5-20-7-8/h3-4,6,8,12,19H,1-2,5,7,17-18H2. The Bertz CT molecular complexity index is 459. The summed E-state index contributed by atoms with van der Waals surface area (Å²) in [6.45, 7) is 1.14. The van der Waals surface area contributed by atoms with Gasteiger partial charge >= 0.3 is 6.18 Å². The van der Waals surface area contributed by atoms with Gasteiger partial charge in [-0.15, -0.1) is 0 Å². The summed E-state index contributed by atoms with van der Waals surface area (Å²) in [4.78, 5) is 0. The first-order chi connectivity index (χ1) is 9.43. The largest absolute Gasteiger partial charge is 0.416 e. The quantitative estimate of drug-likeness (QED) is 0.453. The van der Waals surface area contributed by atoms with Crippen molar-refractivity contribution in [1.29, 1.82) is 0 Å². The van der Waals surface area contributed by atoms with Gasteiger partial charge in [0.15, 0.2) is 0 Å². The third-order valence-electron chi connectivity index (χ3n) is 3.60. The SMILES string of the molecule is NNC(c1cc(C(F)(F)F)ccc1N)C1CCCOC1. The molecule has 0 spiro atoms. The van der Waals surface area contributed by atoms with Gasteiger partial charge in [0.05, 0.1) is 18.2 Å². The molecule has 1 aliphatic heterocycles. The number of rotatable bonds is 3. The van der Waals surface area contributed by atoms with Crippen LogP contribution in [0.25, 0.3) is 0 Å². The summed E-state index contributed by atoms with van der Waals surface area (Å²) in [6, 6.07) is 2.86. The zero-order valence-corrected chi connectivity index (χ0v) is 10.9. The molecule has 0 amide bonds. The van der Waals surface area contributed by atoms with Crippen LogP contribution in [0.4, 0.5) is 18.9 Å². The Labute approximate surface area is 115 Å². The topological polar surface area (TPSA) is 73.3 Å². The van der Waals surface area contributed by atoms with Crippen LogP contribution < -0.4 is 17.0 Å². The van der Waals surface area contributed by atoms with Crippen LogP contribution in [0, 0.1) is 5.92 Å². The lowest BCUT2D eigenvalue weighted by molar-refractivity contribution is -0.137. The molecule has 0 aromatic heterocycles. The molecule has 2 unspecified atom stereocenters. The predicted molar refractivity (Wildman–Crippen MR) is 69.5 cm³/mol. The van der Waals surface area contributed by atoms with Crippen molar-refractivity contribution in [2.45, 2.75) is 25.1 Å². The molecule has 0 saturated carbocycles. The summed E-state index contributed by atoms with van der Waals surface area (Å²) in [5.41, 5.74) is 8.34. The number of hydrogen-bond donors (Lipinski definition) is 3. The number of ether oxygens (including phenoxy) is 1. The third-order valence-corrected chi connectivity index (χ3v) is 3.60. The van der Waals surface area contributed by atoms with E-state index in [-0.39, 0.29) is 5.92 Å². The molecular weight excluding hydrogens is 271 g/mol. The second-order valence-electron chi connectivity index (χ2n) is 4.96. The minimum Gasteiger partial charge on any atom is -0.398 e. The number of anilines is 1. The summed E-state index contributed by atoms with van der Waals surface area (Å²) in [6.07, 6.45) is -2.70. The molecule has 2 atom stereocenters. The molecule has 1 saturated heterocycles. The van der Waals surface area contributed by atoms with Crippen LogP contribution in [0.5, 0.6) is 0 Å². The Morgan fingerprint density at radius 1 is 1.35 bits per heavy atom. The molecular formula is C13H18F3N3O. The van der Waals surface area contributed by atoms with E-state index < -0.39 is 17.8 Å². The van der Waals surface area contributed by atoms with E-state index in [0.29, 0.717) is 24.5 Å².